The van der Waals surface area contributed by atoms with Crippen LogP contribution in [0.15, 0.2) is 65.7 Å². The zero-order valence-electron chi connectivity index (χ0n) is 19.3. The Morgan fingerprint density at radius 3 is 2.56 bits per heavy atom. The third-order valence-corrected chi connectivity index (χ3v) is 7.15. The molecule has 0 atom stereocenters. The van der Waals surface area contributed by atoms with Gasteiger partial charge in [0.2, 0.25) is 5.91 Å². The summed E-state index contributed by atoms with van der Waals surface area (Å²) in [5.41, 5.74) is 6.62. The van der Waals surface area contributed by atoms with Gasteiger partial charge >= 0.3 is 0 Å². The lowest BCUT2D eigenvalue weighted by molar-refractivity contribution is -0.116. The molecular formula is C27H24N4O2S. The summed E-state index contributed by atoms with van der Waals surface area (Å²) in [6.45, 7) is 6.14. The van der Waals surface area contributed by atoms with Crippen molar-refractivity contribution in [2.45, 2.75) is 33.7 Å². The van der Waals surface area contributed by atoms with Crippen LogP contribution in [0.4, 0.5) is 5.69 Å². The number of fused-ring (bicyclic) bond motifs is 3. The number of hydrogen-bond donors (Lipinski definition) is 1. The molecule has 7 heteroatoms. The number of aryl methyl sites for hydroxylation is 3. The third-order valence-electron chi connectivity index (χ3n) is 6.07. The number of anilines is 1. The lowest BCUT2D eigenvalue weighted by Crippen LogP contribution is -2.27. The Balaban J connectivity index is 1.44. The second-order valence-electron chi connectivity index (χ2n) is 8.40. The fourth-order valence-corrected chi connectivity index (χ4v) is 4.98. The van der Waals surface area contributed by atoms with Gasteiger partial charge in [-0.2, -0.15) is 0 Å². The first-order valence-corrected chi connectivity index (χ1v) is 12.0. The average molecular weight is 469 g/mol. The molecule has 0 bridgehead atoms. The number of pyridine rings is 1. The van der Waals surface area contributed by atoms with E-state index in [4.69, 9.17) is 4.98 Å². The second-order valence-corrected chi connectivity index (χ2v) is 9.40. The van der Waals surface area contributed by atoms with Crippen molar-refractivity contribution in [3.05, 3.63) is 88.0 Å². The van der Waals surface area contributed by atoms with Gasteiger partial charge in [0.05, 0.1) is 17.5 Å². The minimum atomic E-state index is -0.274. The van der Waals surface area contributed by atoms with Crippen molar-refractivity contribution >= 4 is 43.4 Å². The molecule has 0 unspecified atom stereocenters. The van der Waals surface area contributed by atoms with E-state index in [1.807, 2.05) is 36.4 Å². The molecule has 0 spiro atoms. The molecule has 5 aromatic rings. The normalized spacial score (nSPS) is 11.3. The van der Waals surface area contributed by atoms with E-state index in [0.717, 1.165) is 27.9 Å². The van der Waals surface area contributed by atoms with Crippen molar-refractivity contribution in [2.75, 3.05) is 5.32 Å². The Morgan fingerprint density at radius 1 is 1.03 bits per heavy atom. The molecule has 3 heterocycles. The summed E-state index contributed by atoms with van der Waals surface area (Å²) in [6, 6.07) is 17.9. The highest BCUT2D eigenvalue weighted by molar-refractivity contribution is 7.25. The first kappa shape index (κ1) is 22.0. The maximum absolute atomic E-state index is 13.1. The van der Waals surface area contributed by atoms with Crippen LogP contribution in [-0.4, -0.2) is 20.4 Å². The minimum absolute atomic E-state index is 0.104. The number of benzene rings is 2. The molecular weight excluding hydrogens is 444 g/mol. The molecule has 1 N–H and O–H groups in total. The van der Waals surface area contributed by atoms with Crippen LogP contribution in [-0.2, 0) is 17.8 Å². The van der Waals surface area contributed by atoms with Gasteiger partial charge in [-0.3, -0.25) is 14.2 Å². The largest absolute Gasteiger partial charge is 0.325 e. The van der Waals surface area contributed by atoms with Gasteiger partial charge in [0.25, 0.3) is 5.56 Å². The van der Waals surface area contributed by atoms with Crippen LogP contribution in [0.5, 0.6) is 0 Å². The molecule has 0 aliphatic rings. The highest BCUT2D eigenvalue weighted by Crippen LogP contribution is 2.31. The SMILES string of the molecule is CCc1ccc(NC(=O)Cn2cnc3c(sc4nc(-c5ccc(C)c(C)c5)ccc43)c2=O)cc1. The van der Waals surface area contributed by atoms with E-state index in [2.05, 4.69) is 49.3 Å². The zero-order valence-corrected chi connectivity index (χ0v) is 20.1. The molecule has 170 valence electrons. The summed E-state index contributed by atoms with van der Waals surface area (Å²) >= 11 is 1.32. The predicted molar refractivity (Wildman–Crippen MR) is 139 cm³/mol. The fourth-order valence-electron chi connectivity index (χ4n) is 3.90. The number of carbonyl (C=O) groups is 1. The quantitative estimate of drug-likeness (QED) is 0.370. The van der Waals surface area contributed by atoms with E-state index in [1.54, 1.807) is 0 Å². The molecule has 3 aromatic heterocycles. The van der Waals surface area contributed by atoms with E-state index in [0.29, 0.717) is 15.9 Å². The van der Waals surface area contributed by atoms with Crippen LogP contribution in [0.3, 0.4) is 0 Å². The molecule has 0 radical (unpaired) electrons. The summed E-state index contributed by atoms with van der Waals surface area (Å²) in [5.74, 6) is -0.274. The maximum atomic E-state index is 13.1. The minimum Gasteiger partial charge on any atom is -0.325 e. The van der Waals surface area contributed by atoms with Crippen LogP contribution in [0, 0.1) is 13.8 Å². The van der Waals surface area contributed by atoms with Crippen molar-refractivity contribution in [2.24, 2.45) is 0 Å². The second kappa shape index (κ2) is 8.83. The first-order chi connectivity index (χ1) is 16.4. The smallest absolute Gasteiger partial charge is 0.271 e. The van der Waals surface area contributed by atoms with Crippen LogP contribution in [0.2, 0.25) is 0 Å². The van der Waals surface area contributed by atoms with Crippen molar-refractivity contribution in [1.82, 2.24) is 14.5 Å². The van der Waals surface area contributed by atoms with Gasteiger partial charge in [0.15, 0.2) is 0 Å². The van der Waals surface area contributed by atoms with Crippen LogP contribution in [0.1, 0.15) is 23.6 Å². The third kappa shape index (κ3) is 4.10. The van der Waals surface area contributed by atoms with Crippen molar-refractivity contribution < 1.29 is 4.79 Å². The number of rotatable bonds is 5. The molecule has 0 aliphatic carbocycles. The van der Waals surface area contributed by atoms with Gasteiger partial charge in [0, 0.05) is 16.6 Å². The molecule has 5 rings (SSSR count). The number of carbonyl (C=O) groups excluding carboxylic acids is 1. The lowest BCUT2D eigenvalue weighted by atomic mass is 10.0. The summed E-state index contributed by atoms with van der Waals surface area (Å²) in [4.78, 5) is 35.7. The van der Waals surface area contributed by atoms with Gasteiger partial charge in [0.1, 0.15) is 16.1 Å². The molecule has 6 nitrogen and oxygen atoms in total. The van der Waals surface area contributed by atoms with E-state index in [9.17, 15) is 9.59 Å². The Labute approximate surface area is 200 Å². The Morgan fingerprint density at radius 2 is 1.82 bits per heavy atom. The molecule has 1 amide bonds. The molecule has 0 saturated carbocycles. The Bertz CT molecular complexity index is 1600. The topological polar surface area (TPSA) is 76.9 Å². The highest BCUT2D eigenvalue weighted by Gasteiger charge is 2.15. The van der Waals surface area contributed by atoms with E-state index in [1.165, 1.54) is 38.9 Å². The number of aromatic nitrogens is 3. The predicted octanol–water partition coefficient (Wildman–Crippen LogP) is 5.49. The van der Waals surface area contributed by atoms with Crippen molar-refractivity contribution in [1.29, 1.82) is 0 Å². The Hall–Kier alpha value is -3.84. The van der Waals surface area contributed by atoms with E-state index < -0.39 is 0 Å². The molecule has 34 heavy (non-hydrogen) atoms. The van der Waals surface area contributed by atoms with Gasteiger partial charge in [-0.15, -0.1) is 11.3 Å². The molecule has 2 aromatic carbocycles. The molecule has 0 fully saturated rings. The highest BCUT2D eigenvalue weighted by atomic mass is 32.1. The zero-order chi connectivity index (χ0) is 23.8. The molecule has 0 aliphatic heterocycles. The number of amides is 1. The Kier molecular flexibility index (Phi) is 5.71. The summed E-state index contributed by atoms with van der Waals surface area (Å²) in [7, 11) is 0. The first-order valence-electron chi connectivity index (χ1n) is 11.2. The number of thiophene rings is 1. The summed E-state index contributed by atoms with van der Waals surface area (Å²) in [5, 5.41) is 3.69. The van der Waals surface area contributed by atoms with E-state index >= 15 is 0 Å². The number of hydrogen-bond acceptors (Lipinski definition) is 5. The van der Waals surface area contributed by atoms with Gasteiger partial charge in [-0.05, 0) is 67.3 Å². The van der Waals surface area contributed by atoms with Gasteiger partial charge in [-0.25, -0.2) is 9.97 Å². The summed E-state index contributed by atoms with van der Waals surface area (Å²) in [6.07, 6.45) is 2.37. The standard InChI is InChI=1S/C27H24N4O2S/c1-4-18-6-9-20(10-7-18)29-23(32)14-31-15-28-24-21-11-12-22(19-8-5-16(2)17(3)13-19)30-26(21)34-25(24)27(31)33/h5-13,15H,4,14H2,1-3H3,(H,29,32). The lowest BCUT2D eigenvalue weighted by Gasteiger charge is -2.08. The van der Waals surface area contributed by atoms with Crippen LogP contribution < -0.4 is 10.9 Å². The summed E-state index contributed by atoms with van der Waals surface area (Å²) < 4.78 is 1.85. The number of nitrogens with zero attached hydrogens (tertiary/aromatic N) is 3. The van der Waals surface area contributed by atoms with Crippen molar-refractivity contribution in [3.8, 4) is 11.3 Å². The fraction of sp³-hybridized carbons (Fsp3) is 0.185. The maximum Gasteiger partial charge on any atom is 0.271 e. The van der Waals surface area contributed by atoms with E-state index in [-0.39, 0.29) is 18.0 Å². The average Bonchev–Trinajstić information content (AvgIpc) is 3.22. The molecule has 0 saturated heterocycles. The van der Waals surface area contributed by atoms with Crippen LogP contribution >= 0.6 is 11.3 Å². The van der Waals surface area contributed by atoms with Crippen molar-refractivity contribution in [3.63, 3.8) is 0 Å². The van der Waals surface area contributed by atoms with Gasteiger partial charge in [-0.1, -0.05) is 31.2 Å². The monoisotopic (exact) mass is 468 g/mol. The number of nitrogens with one attached hydrogen (secondary N) is 1. The van der Waals surface area contributed by atoms with Gasteiger partial charge < -0.3 is 5.32 Å². The van der Waals surface area contributed by atoms with Crippen LogP contribution in [0.25, 0.3) is 31.7 Å².